The van der Waals surface area contributed by atoms with Gasteiger partial charge in [0.25, 0.3) is 0 Å². The highest BCUT2D eigenvalue weighted by molar-refractivity contribution is 5.78. The van der Waals surface area contributed by atoms with Crippen molar-refractivity contribution in [2.45, 2.75) is 0 Å². The summed E-state index contributed by atoms with van der Waals surface area (Å²) < 4.78 is 4.41. The summed E-state index contributed by atoms with van der Waals surface area (Å²) >= 11 is 0. The van der Waals surface area contributed by atoms with Crippen LogP contribution in [0.15, 0.2) is 37.3 Å². The molecule has 1 aromatic heterocycles. The second-order valence-electron chi connectivity index (χ2n) is 3.25. The minimum absolute atomic E-state index is 0.0504. The molecule has 0 aliphatic carbocycles. The fraction of sp³-hybridized carbons (Fsp3) is 0.0909. The number of nitrogens with zero attached hydrogens (tertiary/aromatic N) is 3. The lowest BCUT2D eigenvalue weighted by atomic mass is 10.1. The quantitative estimate of drug-likeness (QED) is 0.350. The smallest absolute Gasteiger partial charge is 0.372 e. The van der Waals surface area contributed by atoms with E-state index in [0.717, 1.165) is 0 Å². The molecule has 1 N–H and O–H groups in total. The van der Waals surface area contributed by atoms with Gasteiger partial charge >= 0.3 is 11.4 Å². The minimum atomic E-state index is -0.797. The molecule has 0 spiro atoms. The van der Waals surface area contributed by atoms with Gasteiger partial charge in [-0.05, 0) is 23.7 Å². The normalized spacial score (nSPS) is 9.33. The molecule has 1 heterocycles. The van der Waals surface area contributed by atoms with Crippen molar-refractivity contribution in [2.24, 2.45) is 5.11 Å². The maximum absolute atomic E-state index is 11.4. The first-order valence-electron chi connectivity index (χ1n) is 4.87. The van der Waals surface area contributed by atoms with E-state index >= 15 is 0 Å². The molecule has 0 amide bonds. The van der Waals surface area contributed by atoms with E-state index in [2.05, 4.69) is 31.3 Å². The van der Waals surface area contributed by atoms with Crippen molar-refractivity contribution < 1.29 is 4.42 Å². The molecule has 7 nitrogen and oxygen atoms in total. The largest absolute Gasteiger partial charge is 0.419 e. The van der Waals surface area contributed by atoms with Crippen molar-refractivity contribution >= 4 is 10.9 Å². The Morgan fingerprint density at radius 2 is 2.28 bits per heavy atom. The predicted molar refractivity (Wildman–Crippen MR) is 64.0 cm³/mol. The van der Waals surface area contributed by atoms with Crippen LogP contribution in [-0.2, 0) is 0 Å². The molecular formula is C11H6N4O3. The monoisotopic (exact) mass is 242 g/mol. The third-order valence-corrected chi connectivity index (χ3v) is 2.11. The number of hydrogen-bond acceptors (Lipinski definition) is 4. The van der Waals surface area contributed by atoms with E-state index in [4.69, 9.17) is 5.53 Å². The van der Waals surface area contributed by atoms with E-state index in [0.29, 0.717) is 11.1 Å². The standard InChI is InChI=1S/C11H6N4O3/c12-15-13-5-1-2-7-3-4-9-8(6-7)10(16)18-11(17)14-9/h3-4,6H,5H2,(H,14,17). The van der Waals surface area contributed by atoms with Gasteiger partial charge in [0.2, 0.25) is 0 Å². The van der Waals surface area contributed by atoms with E-state index in [9.17, 15) is 9.59 Å². The third kappa shape index (κ3) is 2.40. The third-order valence-electron chi connectivity index (χ3n) is 2.11. The highest BCUT2D eigenvalue weighted by atomic mass is 16.4. The topological polar surface area (TPSA) is 112 Å². The number of azide groups is 1. The van der Waals surface area contributed by atoms with Crippen LogP contribution in [0.25, 0.3) is 21.3 Å². The molecule has 0 radical (unpaired) electrons. The average Bonchev–Trinajstić information content (AvgIpc) is 2.35. The van der Waals surface area contributed by atoms with E-state index < -0.39 is 11.4 Å². The molecule has 2 aromatic rings. The van der Waals surface area contributed by atoms with Gasteiger partial charge in [-0.15, -0.1) is 0 Å². The van der Waals surface area contributed by atoms with E-state index in [-0.39, 0.29) is 11.9 Å². The summed E-state index contributed by atoms with van der Waals surface area (Å²) in [5.41, 5.74) is 8.31. The summed E-state index contributed by atoms with van der Waals surface area (Å²) in [4.78, 5) is 27.3. The van der Waals surface area contributed by atoms with Crippen molar-refractivity contribution in [1.82, 2.24) is 4.98 Å². The lowest BCUT2D eigenvalue weighted by Gasteiger charge is -1.95. The molecule has 88 valence electrons. The molecule has 0 unspecified atom stereocenters. The Labute approximate surface area is 99.7 Å². The Hall–Kier alpha value is -2.97. The Kier molecular flexibility index (Phi) is 3.14. The first kappa shape index (κ1) is 11.5. The van der Waals surface area contributed by atoms with Crippen molar-refractivity contribution in [3.05, 3.63) is 55.2 Å². The van der Waals surface area contributed by atoms with Crippen LogP contribution in [0.3, 0.4) is 0 Å². The van der Waals surface area contributed by atoms with Crippen LogP contribution in [0.2, 0.25) is 0 Å². The Bertz CT molecular complexity index is 816. The van der Waals surface area contributed by atoms with Crippen LogP contribution < -0.4 is 11.4 Å². The minimum Gasteiger partial charge on any atom is -0.372 e. The number of fused-ring (bicyclic) bond motifs is 1. The molecular weight excluding hydrogens is 236 g/mol. The zero-order valence-electron chi connectivity index (χ0n) is 9.01. The van der Waals surface area contributed by atoms with Crippen molar-refractivity contribution in [3.63, 3.8) is 0 Å². The highest BCUT2D eigenvalue weighted by Crippen LogP contribution is 2.07. The molecule has 2 rings (SSSR count). The summed E-state index contributed by atoms with van der Waals surface area (Å²) in [7, 11) is 0. The molecule has 7 heteroatoms. The lowest BCUT2D eigenvalue weighted by molar-refractivity contribution is 0.460. The van der Waals surface area contributed by atoms with Gasteiger partial charge < -0.3 is 4.42 Å². The summed E-state index contributed by atoms with van der Waals surface area (Å²) in [6.07, 6.45) is 0. The Balaban J connectivity index is 2.50. The van der Waals surface area contributed by atoms with E-state index in [1.54, 1.807) is 12.1 Å². The Morgan fingerprint density at radius 3 is 3.06 bits per heavy atom. The van der Waals surface area contributed by atoms with Crippen LogP contribution in [0.5, 0.6) is 0 Å². The van der Waals surface area contributed by atoms with E-state index in [1.807, 2.05) is 0 Å². The zero-order chi connectivity index (χ0) is 13.0. The molecule has 0 atom stereocenters. The zero-order valence-corrected chi connectivity index (χ0v) is 9.01. The first-order valence-corrected chi connectivity index (χ1v) is 4.87. The van der Waals surface area contributed by atoms with Gasteiger partial charge in [-0.2, -0.15) is 0 Å². The maximum atomic E-state index is 11.4. The fourth-order valence-electron chi connectivity index (χ4n) is 1.38. The summed E-state index contributed by atoms with van der Waals surface area (Å²) in [5.74, 6) is 4.55. The SMILES string of the molecule is [N-]=[N+]=NCC#Cc1ccc2[nH]c(=O)oc(=O)c2c1. The van der Waals surface area contributed by atoms with Gasteiger partial charge in [0.1, 0.15) is 0 Å². The molecule has 0 aliphatic rings. The predicted octanol–water partition coefficient (Wildman–Crippen LogP) is 1.14. The number of hydrogen-bond donors (Lipinski definition) is 1. The average molecular weight is 242 g/mol. The number of aromatic amines is 1. The lowest BCUT2D eigenvalue weighted by Crippen LogP contribution is -2.14. The second-order valence-corrected chi connectivity index (χ2v) is 3.25. The number of H-pyrrole nitrogens is 1. The first-order chi connectivity index (χ1) is 8.70. The molecule has 0 aliphatic heterocycles. The van der Waals surface area contributed by atoms with E-state index in [1.165, 1.54) is 6.07 Å². The van der Waals surface area contributed by atoms with Gasteiger partial charge in [-0.1, -0.05) is 17.0 Å². The molecule has 18 heavy (non-hydrogen) atoms. The van der Waals surface area contributed by atoms with Crippen LogP contribution in [0.4, 0.5) is 0 Å². The Morgan fingerprint density at radius 1 is 1.44 bits per heavy atom. The molecule has 0 bridgehead atoms. The number of nitrogens with one attached hydrogen (secondary N) is 1. The van der Waals surface area contributed by atoms with Crippen LogP contribution in [-0.4, -0.2) is 11.5 Å². The van der Waals surface area contributed by atoms with Gasteiger partial charge in [-0.3, -0.25) is 4.98 Å². The van der Waals surface area contributed by atoms with Crippen molar-refractivity contribution in [2.75, 3.05) is 6.54 Å². The van der Waals surface area contributed by atoms with Crippen molar-refractivity contribution in [1.29, 1.82) is 0 Å². The molecule has 1 aromatic carbocycles. The van der Waals surface area contributed by atoms with Gasteiger partial charge in [0, 0.05) is 10.5 Å². The summed E-state index contributed by atoms with van der Waals surface area (Å²) in [6.45, 7) is 0.0504. The van der Waals surface area contributed by atoms with Crippen LogP contribution in [0, 0.1) is 11.8 Å². The van der Waals surface area contributed by atoms with Crippen molar-refractivity contribution in [3.8, 4) is 11.8 Å². The van der Waals surface area contributed by atoms with Gasteiger partial charge in [0.15, 0.2) is 0 Å². The number of benzene rings is 1. The van der Waals surface area contributed by atoms with Gasteiger partial charge in [0.05, 0.1) is 17.4 Å². The molecule has 0 saturated heterocycles. The highest BCUT2D eigenvalue weighted by Gasteiger charge is 2.02. The number of rotatable bonds is 1. The van der Waals surface area contributed by atoms with Crippen LogP contribution in [0.1, 0.15) is 5.56 Å². The van der Waals surface area contributed by atoms with Crippen LogP contribution >= 0.6 is 0 Å². The molecule has 0 fully saturated rings. The maximum Gasteiger partial charge on any atom is 0.419 e. The second kappa shape index (κ2) is 4.91. The van der Waals surface area contributed by atoms with Gasteiger partial charge in [-0.25, -0.2) is 9.59 Å². The molecule has 0 saturated carbocycles. The fourth-order valence-corrected chi connectivity index (χ4v) is 1.38. The summed E-state index contributed by atoms with van der Waals surface area (Å²) in [5, 5.41) is 3.50. The number of aromatic nitrogens is 1. The summed E-state index contributed by atoms with van der Waals surface area (Å²) in [6, 6.07) is 4.70.